The Morgan fingerprint density at radius 2 is 2.31 bits per heavy atom. The molecule has 0 saturated heterocycles. The lowest BCUT2D eigenvalue weighted by Gasteiger charge is -1.97. The fourth-order valence-corrected chi connectivity index (χ4v) is 1.35. The van der Waals surface area contributed by atoms with Crippen LogP contribution in [0.15, 0.2) is 10.6 Å². The number of nitrogens with zero attached hydrogens (tertiary/aromatic N) is 4. The Balaban J connectivity index is 2.20. The maximum atomic E-state index is 10.6. The number of aromatic carboxylic acids is 1. The molecule has 84 valence electrons. The largest absolute Gasteiger partial charge is 0.476 e. The lowest BCUT2D eigenvalue weighted by Crippen LogP contribution is -2.03. The molecule has 2 aromatic rings. The molecule has 2 heterocycles. The fourth-order valence-electron chi connectivity index (χ4n) is 1.35. The molecule has 0 radical (unpaired) electrons. The smallest absolute Gasteiger partial charge is 0.358 e. The average Bonchev–Trinajstić information content (AvgIpc) is 2.75. The Labute approximate surface area is 90.7 Å². The zero-order valence-electron chi connectivity index (χ0n) is 8.84. The van der Waals surface area contributed by atoms with E-state index < -0.39 is 5.97 Å². The molecule has 0 amide bonds. The minimum Gasteiger partial charge on any atom is -0.476 e. The van der Waals surface area contributed by atoms with Crippen molar-refractivity contribution in [2.24, 2.45) is 0 Å². The number of aromatic nitrogens is 4. The van der Waals surface area contributed by atoms with Crippen molar-refractivity contribution in [1.29, 1.82) is 0 Å². The van der Waals surface area contributed by atoms with Crippen LogP contribution >= 0.6 is 0 Å². The van der Waals surface area contributed by atoms with Gasteiger partial charge < -0.3 is 9.63 Å². The summed E-state index contributed by atoms with van der Waals surface area (Å²) in [4.78, 5) is 14.7. The second kappa shape index (κ2) is 3.76. The van der Waals surface area contributed by atoms with Gasteiger partial charge in [-0.05, 0) is 13.8 Å². The molecule has 0 unspecified atom stereocenters. The molecule has 16 heavy (non-hydrogen) atoms. The minimum atomic E-state index is -1.11. The van der Waals surface area contributed by atoms with E-state index >= 15 is 0 Å². The van der Waals surface area contributed by atoms with Gasteiger partial charge in [0.25, 0.3) is 0 Å². The summed E-state index contributed by atoms with van der Waals surface area (Å²) in [6.07, 6.45) is 0. The molecular weight excluding hydrogens is 212 g/mol. The Morgan fingerprint density at radius 3 is 2.81 bits per heavy atom. The molecule has 7 heteroatoms. The molecule has 7 nitrogen and oxygen atoms in total. The van der Waals surface area contributed by atoms with Gasteiger partial charge in [-0.1, -0.05) is 5.16 Å². The molecule has 0 saturated carbocycles. The van der Waals surface area contributed by atoms with E-state index in [1.807, 2.05) is 6.92 Å². The summed E-state index contributed by atoms with van der Waals surface area (Å²) in [6.45, 7) is 3.92. The van der Waals surface area contributed by atoms with Crippen LogP contribution in [0, 0.1) is 13.8 Å². The zero-order valence-corrected chi connectivity index (χ0v) is 8.84. The standard InChI is InChI=1S/C9H10N4O3/c1-5-10-6(2)13(11-5)4-7-3-8(9(14)15)12-16-7/h3H,4H2,1-2H3,(H,14,15). The van der Waals surface area contributed by atoms with Crippen LogP contribution in [0.4, 0.5) is 0 Å². The first kappa shape index (κ1) is 10.3. The molecule has 0 aliphatic heterocycles. The van der Waals surface area contributed by atoms with Gasteiger partial charge in [0.05, 0.1) is 0 Å². The van der Waals surface area contributed by atoms with Crippen molar-refractivity contribution in [3.63, 3.8) is 0 Å². The van der Waals surface area contributed by atoms with E-state index in [-0.39, 0.29) is 5.69 Å². The van der Waals surface area contributed by atoms with Crippen molar-refractivity contribution in [3.8, 4) is 0 Å². The highest BCUT2D eigenvalue weighted by Gasteiger charge is 2.12. The molecule has 2 aromatic heterocycles. The summed E-state index contributed by atoms with van der Waals surface area (Å²) in [5.74, 6) is 0.730. The quantitative estimate of drug-likeness (QED) is 0.818. The number of hydrogen-bond donors (Lipinski definition) is 1. The maximum absolute atomic E-state index is 10.6. The predicted octanol–water partition coefficient (Wildman–Crippen LogP) is 0.629. The monoisotopic (exact) mass is 222 g/mol. The van der Waals surface area contributed by atoms with Crippen LogP contribution in [0.1, 0.15) is 27.9 Å². The summed E-state index contributed by atoms with van der Waals surface area (Å²) in [5.41, 5.74) is -0.107. The van der Waals surface area contributed by atoms with Crippen molar-refractivity contribution in [3.05, 3.63) is 29.2 Å². The Kier molecular flexibility index (Phi) is 2.43. The number of carboxylic acid groups (broad SMARTS) is 1. The fraction of sp³-hybridized carbons (Fsp3) is 0.333. The number of carboxylic acids is 1. The Bertz CT molecular complexity index is 529. The van der Waals surface area contributed by atoms with Crippen molar-refractivity contribution >= 4 is 5.97 Å². The van der Waals surface area contributed by atoms with Crippen LogP contribution in [0.2, 0.25) is 0 Å². The van der Waals surface area contributed by atoms with Gasteiger partial charge in [-0.25, -0.2) is 14.5 Å². The molecule has 1 N–H and O–H groups in total. The first-order chi connectivity index (χ1) is 7.56. The number of hydrogen-bond acceptors (Lipinski definition) is 5. The van der Waals surface area contributed by atoms with Crippen molar-refractivity contribution in [1.82, 2.24) is 19.9 Å². The number of carbonyl (C=O) groups is 1. The van der Waals surface area contributed by atoms with Gasteiger partial charge in [0.1, 0.15) is 18.2 Å². The normalized spacial score (nSPS) is 10.6. The van der Waals surface area contributed by atoms with Crippen LogP contribution in [-0.4, -0.2) is 31.0 Å². The molecular formula is C9H10N4O3. The van der Waals surface area contributed by atoms with Crippen LogP contribution in [0.5, 0.6) is 0 Å². The van der Waals surface area contributed by atoms with E-state index in [2.05, 4.69) is 15.2 Å². The van der Waals surface area contributed by atoms with Crippen LogP contribution in [0.3, 0.4) is 0 Å². The van der Waals surface area contributed by atoms with E-state index in [0.717, 1.165) is 5.82 Å². The molecule has 0 fully saturated rings. The minimum absolute atomic E-state index is 0.107. The van der Waals surface area contributed by atoms with E-state index in [1.54, 1.807) is 11.6 Å². The molecule has 0 spiro atoms. The van der Waals surface area contributed by atoms with E-state index in [0.29, 0.717) is 18.1 Å². The highest BCUT2D eigenvalue weighted by Crippen LogP contribution is 2.07. The molecule has 0 bridgehead atoms. The highest BCUT2D eigenvalue weighted by atomic mass is 16.5. The highest BCUT2D eigenvalue weighted by molar-refractivity contribution is 5.85. The molecule has 2 rings (SSSR count). The summed E-state index contributed by atoms with van der Waals surface area (Å²) < 4.78 is 6.50. The van der Waals surface area contributed by atoms with Gasteiger partial charge in [-0.15, -0.1) is 0 Å². The van der Waals surface area contributed by atoms with Crippen LogP contribution < -0.4 is 0 Å². The topological polar surface area (TPSA) is 94.0 Å². The van der Waals surface area contributed by atoms with Crippen molar-refractivity contribution < 1.29 is 14.4 Å². The molecule has 0 aliphatic carbocycles. The molecule has 0 aliphatic rings. The lowest BCUT2D eigenvalue weighted by atomic mass is 10.3. The summed E-state index contributed by atoms with van der Waals surface area (Å²) >= 11 is 0. The zero-order chi connectivity index (χ0) is 11.7. The van der Waals surface area contributed by atoms with Crippen molar-refractivity contribution in [2.45, 2.75) is 20.4 Å². The third kappa shape index (κ3) is 1.92. The molecule has 0 aromatic carbocycles. The number of rotatable bonds is 3. The second-order valence-corrected chi connectivity index (χ2v) is 3.35. The van der Waals surface area contributed by atoms with Gasteiger partial charge >= 0.3 is 5.97 Å². The van der Waals surface area contributed by atoms with E-state index in [1.165, 1.54) is 6.07 Å². The first-order valence-corrected chi connectivity index (χ1v) is 4.63. The molecule has 0 atom stereocenters. The third-order valence-corrected chi connectivity index (χ3v) is 2.05. The summed E-state index contributed by atoms with van der Waals surface area (Å²) in [7, 11) is 0. The predicted molar refractivity (Wildman–Crippen MR) is 52.1 cm³/mol. The Hall–Kier alpha value is -2.18. The first-order valence-electron chi connectivity index (χ1n) is 4.63. The third-order valence-electron chi connectivity index (χ3n) is 2.05. The lowest BCUT2D eigenvalue weighted by molar-refractivity contribution is 0.0685. The van der Waals surface area contributed by atoms with Gasteiger partial charge in [0.15, 0.2) is 11.5 Å². The summed E-state index contributed by atoms with van der Waals surface area (Å²) in [6, 6.07) is 1.37. The maximum Gasteiger partial charge on any atom is 0.358 e. The van der Waals surface area contributed by atoms with Crippen LogP contribution in [-0.2, 0) is 6.54 Å². The average molecular weight is 222 g/mol. The summed E-state index contributed by atoms with van der Waals surface area (Å²) in [5, 5.41) is 16.2. The van der Waals surface area contributed by atoms with E-state index in [9.17, 15) is 4.79 Å². The van der Waals surface area contributed by atoms with E-state index in [4.69, 9.17) is 9.63 Å². The van der Waals surface area contributed by atoms with Crippen molar-refractivity contribution in [2.75, 3.05) is 0 Å². The SMILES string of the molecule is Cc1nc(C)n(Cc2cc(C(=O)O)no2)n1. The number of aryl methyl sites for hydroxylation is 2. The Morgan fingerprint density at radius 1 is 1.56 bits per heavy atom. The van der Waals surface area contributed by atoms with Gasteiger partial charge in [0, 0.05) is 6.07 Å². The van der Waals surface area contributed by atoms with Gasteiger partial charge in [0.2, 0.25) is 0 Å². The van der Waals surface area contributed by atoms with Crippen LogP contribution in [0.25, 0.3) is 0 Å². The second-order valence-electron chi connectivity index (χ2n) is 3.35. The van der Waals surface area contributed by atoms with Gasteiger partial charge in [-0.2, -0.15) is 5.10 Å². The van der Waals surface area contributed by atoms with Gasteiger partial charge in [-0.3, -0.25) is 0 Å².